The van der Waals surface area contributed by atoms with Gasteiger partial charge in [0.15, 0.2) is 15.8 Å². The van der Waals surface area contributed by atoms with Gasteiger partial charge in [-0.05, 0) is 32.7 Å². The summed E-state index contributed by atoms with van der Waals surface area (Å²) in [6, 6.07) is 0.727. The number of piperidine rings is 1. The molecule has 0 radical (unpaired) electrons. The largest absolute Gasteiger partial charge is 0.357 e. The first-order valence-electron chi connectivity index (χ1n) is 10.2. The molecule has 0 aromatic heterocycles. The highest BCUT2D eigenvalue weighted by Crippen LogP contribution is 2.18. The first-order chi connectivity index (χ1) is 12.5. The molecule has 0 aromatic rings. The van der Waals surface area contributed by atoms with Crippen LogP contribution < -0.4 is 10.6 Å². The van der Waals surface area contributed by atoms with Crippen LogP contribution in [-0.4, -0.2) is 94.1 Å². The fourth-order valence-electron chi connectivity index (χ4n) is 3.75. The summed E-state index contributed by atoms with van der Waals surface area (Å²) in [4.78, 5) is 9.51. The zero-order valence-corrected chi connectivity index (χ0v) is 17.4. The molecular formula is C18H37N5O2S. The van der Waals surface area contributed by atoms with Gasteiger partial charge in [0.25, 0.3) is 0 Å². The zero-order valence-electron chi connectivity index (χ0n) is 16.5. The van der Waals surface area contributed by atoms with Crippen molar-refractivity contribution in [1.82, 2.24) is 20.4 Å². The van der Waals surface area contributed by atoms with Crippen LogP contribution in [0, 0.1) is 0 Å². The van der Waals surface area contributed by atoms with Gasteiger partial charge in [-0.3, -0.25) is 14.8 Å². The van der Waals surface area contributed by atoms with E-state index in [0.29, 0.717) is 13.1 Å². The Kier molecular flexibility index (Phi) is 9.15. The third kappa shape index (κ3) is 7.40. The molecule has 0 spiro atoms. The van der Waals surface area contributed by atoms with Crippen LogP contribution in [0.5, 0.6) is 0 Å². The van der Waals surface area contributed by atoms with Crippen LogP contribution >= 0.6 is 0 Å². The molecule has 2 N–H and O–H groups in total. The van der Waals surface area contributed by atoms with Crippen LogP contribution in [0.4, 0.5) is 0 Å². The lowest BCUT2D eigenvalue weighted by Crippen LogP contribution is -2.46. The van der Waals surface area contributed by atoms with E-state index in [4.69, 9.17) is 4.99 Å². The number of aliphatic imine (C=N–C) groups is 1. The van der Waals surface area contributed by atoms with Crippen molar-refractivity contribution in [2.75, 3.05) is 63.9 Å². The highest BCUT2D eigenvalue weighted by Gasteiger charge is 2.21. The highest BCUT2D eigenvalue weighted by atomic mass is 32.2. The smallest absolute Gasteiger partial charge is 0.191 e. The maximum Gasteiger partial charge on any atom is 0.191 e. The molecule has 2 aliphatic rings. The van der Waals surface area contributed by atoms with E-state index in [1.165, 1.54) is 32.2 Å². The van der Waals surface area contributed by atoms with E-state index in [2.05, 4.69) is 34.3 Å². The van der Waals surface area contributed by atoms with Gasteiger partial charge in [-0.1, -0.05) is 13.3 Å². The topological polar surface area (TPSA) is 77.0 Å². The van der Waals surface area contributed by atoms with Crippen LogP contribution in [0.3, 0.4) is 0 Å². The molecule has 152 valence electrons. The maximum atomic E-state index is 11.5. The fraction of sp³-hybridized carbons (Fsp3) is 0.944. The molecule has 0 amide bonds. The highest BCUT2D eigenvalue weighted by molar-refractivity contribution is 7.91. The molecule has 2 rings (SSSR count). The van der Waals surface area contributed by atoms with Gasteiger partial charge in [0.1, 0.15) is 0 Å². The molecular weight excluding hydrogens is 350 g/mol. The van der Waals surface area contributed by atoms with Gasteiger partial charge < -0.3 is 10.6 Å². The first kappa shape index (κ1) is 21.4. The summed E-state index contributed by atoms with van der Waals surface area (Å²) in [5, 5.41) is 6.68. The number of nitrogens with one attached hydrogen (secondary N) is 2. The quantitative estimate of drug-likeness (QED) is 0.468. The molecule has 0 bridgehead atoms. The Morgan fingerprint density at radius 3 is 2.54 bits per heavy atom. The minimum absolute atomic E-state index is 0.287. The number of sulfone groups is 1. The summed E-state index contributed by atoms with van der Waals surface area (Å²) < 4.78 is 23.0. The number of rotatable bonds is 8. The number of likely N-dealkylation sites (tertiary alicyclic amines) is 1. The van der Waals surface area contributed by atoms with E-state index in [9.17, 15) is 8.42 Å². The third-order valence-corrected chi connectivity index (χ3v) is 6.99. The van der Waals surface area contributed by atoms with Crippen molar-refractivity contribution in [3.63, 3.8) is 0 Å². The van der Waals surface area contributed by atoms with Gasteiger partial charge >= 0.3 is 0 Å². The lowest BCUT2D eigenvalue weighted by molar-refractivity contribution is 0.148. The van der Waals surface area contributed by atoms with E-state index in [-0.39, 0.29) is 11.5 Å². The average molecular weight is 388 g/mol. The third-order valence-electron chi connectivity index (χ3n) is 5.38. The fourth-order valence-corrected chi connectivity index (χ4v) is 5.03. The SMILES string of the molecule is CCNC(=NCCN1CCCCC1CC)NCCN1CCS(=O)(=O)CC1. The molecule has 26 heavy (non-hydrogen) atoms. The predicted octanol–water partition coefficient (Wildman–Crippen LogP) is 0.536. The standard InChI is InChI=1S/C18H37N5O2S/c1-3-17-7-5-6-10-23(17)12-9-21-18(19-4-2)20-8-11-22-13-15-26(24,25)16-14-22/h17H,3-16H2,1-2H3,(H2,19,20,21). The summed E-state index contributed by atoms with van der Waals surface area (Å²) in [5.41, 5.74) is 0. The lowest BCUT2D eigenvalue weighted by Gasteiger charge is -2.34. The molecule has 0 aliphatic carbocycles. The van der Waals surface area contributed by atoms with Gasteiger partial charge in [0.2, 0.25) is 0 Å². The van der Waals surface area contributed by atoms with E-state index < -0.39 is 9.84 Å². The van der Waals surface area contributed by atoms with Crippen molar-refractivity contribution in [2.24, 2.45) is 4.99 Å². The Morgan fingerprint density at radius 1 is 1.08 bits per heavy atom. The molecule has 2 heterocycles. The number of guanidine groups is 1. The van der Waals surface area contributed by atoms with Gasteiger partial charge in [-0.25, -0.2) is 8.42 Å². The van der Waals surface area contributed by atoms with Gasteiger partial charge in [0, 0.05) is 45.3 Å². The molecule has 1 unspecified atom stereocenters. The second kappa shape index (κ2) is 11.1. The van der Waals surface area contributed by atoms with Crippen LogP contribution in [0.25, 0.3) is 0 Å². The first-order valence-corrected chi connectivity index (χ1v) is 12.0. The van der Waals surface area contributed by atoms with Crippen molar-refractivity contribution in [1.29, 1.82) is 0 Å². The van der Waals surface area contributed by atoms with Gasteiger partial charge in [-0.15, -0.1) is 0 Å². The average Bonchev–Trinajstić information content (AvgIpc) is 2.63. The number of hydrogen-bond donors (Lipinski definition) is 2. The molecule has 0 aromatic carbocycles. The number of nitrogens with zero attached hydrogens (tertiary/aromatic N) is 3. The monoisotopic (exact) mass is 387 g/mol. The lowest BCUT2D eigenvalue weighted by atomic mass is 10.0. The Hall–Kier alpha value is -0.860. The molecule has 2 saturated heterocycles. The van der Waals surface area contributed by atoms with Crippen molar-refractivity contribution in [3.8, 4) is 0 Å². The normalized spacial score (nSPS) is 25.2. The van der Waals surface area contributed by atoms with Gasteiger partial charge in [-0.2, -0.15) is 0 Å². The van der Waals surface area contributed by atoms with E-state index >= 15 is 0 Å². The Bertz CT molecular complexity index is 524. The van der Waals surface area contributed by atoms with Crippen LogP contribution in [0.2, 0.25) is 0 Å². The van der Waals surface area contributed by atoms with Crippen molar-refractivity contribution in [3.05, 3.63) is 0 Å². The molecule has 8 heteroatoms. The second-order valence-electron chi connectivity index (χ2n) is 7.27. The summed E-state index contributed by atoms with van der Waals surface area (Å²) in [6.07, 6.45) is 5.22. The van der Waals surface area contributed by atoms with E-state index in [1.807, 2.05) is 0 Å². The second-order valence-corrected chi connectivity index (χ2v) is 9.58. The van der Waals surface area contributed by atoms with E-state index in [0.717, 1.165) is 44.7 Å². The van der Waals surface area contributed by atoms with Crippen molar-refractivity contribution < 1.29 is 8.42 Å². The van der Waals surface area contributed by atoms with Gasteiger partial charge in [0.05, 0.1) is 18.1 Å². The van der Waals surface area contributed by atoms with Crippen LogP contribution in [0.15, 0.2) is 4.99 Å². The molecule has 7 nitrogen and oxygen atoms in total. The minimum Gasteiger partial charge on any atom is -0.357 e. The Morgan fingerprint density at radius 2 is 1.85 bits per heavy atom. The van der Waals surface area contributed by atoms with Crippen molar-refractivity contribution in [2.45, 2.75) is 45.6 Å². The summed E-state index contributed by atoms with van der Waals surface area (Å²) >= 11 is 0. The summed E-state index contributed by atoms with van der Waals surface area (Å²) in [6.45, 7) is 11.2. The molecule has 2 fully saturated rings. The van der Waals surface area contributed by atoms with Crippen LogP contribution in [-0.2, 0) is 9.84 Å². The van der Waals surface area contributed by atoms with E-state index in [1.54, 1.807) is 0 Å². The molecule has 1 atom stereocenters. The molecule has 0 saturated carbocycles. The maximum absolute atomic E-state index is 11.5. The molecule has 2 aliphatic heterocycles. The Labute approximate surface area is 159 Å². The summed E-state index contributed by atoms with van der Waals surface area (Å²) in [5.74, 6) is 1.44. The van der Waals surface area contributed by atoms with Crippen LogP contribution in [0.1, 0.15) is 39.5 Å². The van der Waals surface area contributed by atoms with Crippen molar-refractivity contribution >= 4 is 15.8 Å². The Balaban J connectivity index is 1.70. The summed E-state index contributed by atoms with van der Waals surface area (Å²) in [7, 11) is -2.80. The number of hydrogen-bond acceptors (Lipinski definition) is 5. The zero-order chi connectivity index (χ0) is 18.8. The minimum atomic E-state index is -2.80. The predicted molar refractivity (Wildman–Crippen MR) is 109 cm³/mol.